The van der Waals surface area contributed by atoms with Crippen LogP contribution in [-0.2, 0) is 4.79 Å². The van der Waals surface area contributed by atoms with Crippen molar-refractivity contribution in [2.75, 3.05) is 0 Å². The van der Waals surface area contributed by atoms with Gasteiger partial charge in [0.25, 0.3) is 0 Å². The van der Waals surface area contributed by atoms with Crippen molar-refractivity contribution in [1.29, 1.82) is 0 Å². The Morgan fingerprint density at radius 2 is 2.21 bits per heavy atom. The molecule has 0 saturated carbocycles. The quantitative estimate of drug-likeness (QED) is 0.822. The van der Waals surface area contributed by atoms with Gasteiger partial charge in [-0.25, -0.2) is 4.98 Å². The molecule has 19 heavy (non-hydrogen) atoms. The monoisotopic (exact) mass is 256 g/mol. The predicted molar refractivity (Wildman–Crippen MR) is 73.2 cm³/mol. The molecule has 1 unspecified atom stereocenters. The third kappa shape index (κ3) is 3.51. The number of benzene rings is 1. The maximum atomic E-state index is 11.8. The molecule has 98 valence electrons. The molecule has 2 N–H and O–H groups in total. The number of hydrogen-bond donors (Lipinski definition) is 2. The molecule has 0 aliphatic heterocycles. The lowest BCUT2D eigenvalue weighted by atomic mass is 10.1. The van der Waals surface area contributed by atoms with E-state index in [2.05, 4.69) is 20.5 Å². The summed E-state index contributed by atoms with van der Waals surface area (Å²) >= 11 is 0. The second kappa shape index (κ2) is 5.95. The van der Waals surface area contributed by atoms with Gasteiger partial charge in [-0.1, -0.05) is 24.3 Å². The highest BCUT2D eigenvalue weighted by atomic mass is 16.1. The third-order valence-corrected chi connectivity index (χ3v) is 2.81. The van der Waals surface area contributed by atoms with E-state index in [0.717, 1.165) is 11.1 Å². The number of aromatic amines is 1. The van der Waals surface area contributed by atoms with Gasteiger partial charge >= 0.3 is 0 Å². The number of hydrogen-bond acceptors (Lipinski definition) is 3. The fourth-order valence-electron chi connectivity index (χ4n) is 1.69. The van der Waals surface area contributed by atoms with Crippen LogP contribution in [0.3, 0.4) is 0 Å². The van der Waals surface area contributed by atoms with Gasteiger partial charge in [0.15, 0.2) is 0 Å². The van der Waals surface area contributed by atoms with Gasteiger partial charge < -0.3 is 5.32 Å². The van der Waals surface area contributed by atoms with Crippen molar-refractivity contribution in [3.63, 3.8) is 0 Å². The highest BCUT2D eigenvalue weighted by molar-refractivity contribution is 5.92. The van der Waals surface area contributed by atoms with Gasteiger partial charge in [-0.2, -0.15) is 5.10 Å². The van der Waals surface area contributed by atoms with Gasteiger partial charge in [-0.05, 0) is 31.1 Å². The van der Waals surface area contributed by atoms with Crippen LogP contribution >= 0.6 is 0 Å². The molecule has 0 aliphatic carbocycles. The molecule has 0 aliphatic rings. The SMILES string of the molecule is Cc1ccccc1/C=C/C(=O)NC(C)c1ncn[nH]1. The molecule has 0 fully saturated rings. The van der Waals surface area contributed by atoms with Gasteiger partial charge in [0.1, 0.15) is 12.2 Å². The standard InChI is InChI=1S/C14H16N4O/c1-10-5-3-4-6-12(10)7-8-13(19)17-11(2)14-15-9-16-18-14/h3-9,11H,1-2H3,(H,17,19)(H,15,16,18)/b8-7+. The zero-order valence-corrected chi connectivity index (χ0v) is 10.9. The first-order valence-electron chi connectivity index (χ1n) is 6.06. The van der Waals surface area contributed by atoms with E-state index in [4.69, 9.17) is 0 Å². The minimum atomic E-state index is -0.198. The maximum absolute atomic E-state index is 11.8. The first kappa shape index (κ1) is 13.0. The molecule has 0 saturated heterocycles. The molecular formula is C14H16N4O. The Balaban J connectivity index is 1.96. The molecule has 2 rings (SSSR count). The summed E-state index contributed by atoms with van der Waals surface area (Å²) in [7, 11) is 0. The van der Waals surface area contributed by atoms with E-state index in [1.807, 2.05) is 38.1 Å². The van der Waals surface area contributed by atoms with Crippen LogP contribution < -0.4 is 5.32 Å². The lowest BCUT2D eigenvalue weighted by Gasteiger charge is -2.08. The number of H-pyrrole nitrogens is 1. The molecule has 0 bridgehead atoms. The van der Waals surface area contributed by atoms with E-state index in [1.54, 1.807) is 6.08 Å². The summed E-state index contributed by atoms with van der Waals surface area (Å²) in [6, 6.07) is 7.70. The Bertz CT molecular complexity index is 575. The molecule has 2 aromatic rings. The average molecular weight is 256 g/mol. The number of carbonyl (C=O) groups is 1. The van der Waals surface area contributed by atoms with Crippen molar-refractivity contribution in [1.82, 2.24) is 20.5 Å². The van der Waals surface area contributed by atoms with Crippen LogP contribution in [0.25, 0.3) is 6.08 Å². The molecule has 1 aromatic heterocycles. The molecule has 1 aromatic carbocycles. The number of nitrogens with one attached hydrogen (secondary N) is 2. The molecule has 0 radical (unpaired) electrons. The van der Waals surface area contributed by atoms with Crippen LogP contribution in [0.1, 0.15) is 29.9 Å². The van der Waals surface area contributed by atoms with Crippen LogP contribution in [-0.4, -0.2) is 21.1 Å². The average Bonchev–Trinajstić information content (AvgIpc) is 2.91. The topological polar surface area (TPSA) is 70.7 Å². The Morgan fingerprint density at radius 3 is 2.89 bits per heavy atom. The van der Waals surface area contributed by atoms with Crippen LogP contribution in [0.2, 0.25) is 0 Å². The van der Waals surface area contributed by atoms with Gasteiger partial charge in [0, 0.05) is 6.08 Å². The maximum Gasteiger partial charge on any atom is 0.244 e. The van der Waals surface area contributed by atoms with E-state index < -0.39 is 0 Å². The summed E-state index contributed by atoms with van der Waals surface area (Å²) in [5.74, 6) is 0.477. The highest BCUT2D eigenvalue weighted by Crippen LogP contribution is 2.09. The second-order valence-electron chi connectivity index (χ2n) is 4.29. The molecule has 5 heteroatoms. The normalized spacial score (nSPS) is 12.5. The Morgan fingerprint density at radius 1 is 1.42 bits per heavy atom. The smallest absolute Gasteiger partial charge is 0.244 e. The summed E-state index contributed by atoms with van der Waals surface area (Å²) < 4.78 is 0. The van der Waals surface area contributed by atoms with Crippen molar-refractivity contribution in [2.24, 2.45) is 0 Å². The lowest BCUT2D eigenvalue weighted by Crippen LogP contribution is -2.25. The number of carbonyl (C=O) groups excluding carboxylic acids is 1. The van der Waals surface area contributed by atoms with Gasteiger partial charge in [0.05, 0.1) is 6.04 Å². The fourth-order valence-corrected chi connectivity index (χ4v) is 1.69. The largest absolute Gasteiger partial charge is 0.343 e. The minimum Gasteiger partial charge on any atom is -0.343 e. The number of rotatable bonds is 4. The molecule has 1 heterocycles. The number of aromatic nitrogens is 3. The summed E-state index contributed by atoms with van der Waals surface area (Å²) in [6.45, 7) is 3.86. The minimum absolute atomic E-state index is 0.160. The van der Waals surface area contributed by atoms with Crippen molar-refractivity contribution in [3.8, 4) is 0 Å². The van der Waals surface area contributed by atoms with Crippen LogP contribution in [0.15, 0.2) is 36.7 Å². The fraction of sp³-hybridized carbons (Fsp3) is 0.214. The number of amides is 1. The van der Waals surface area contributed by atoms with Crippen molar-refractivity contribution < 1.29 is 4.79 Å². The Kier molecular flexibility index (Phi) is 4.07. The van der Waals surface area contributed by atoms with Crippen LogP contribution in [0.5, 0.6) is 0 Å². The summed E-state index contributed by atoms with van der Waals surface area (Å²) in [4.78, 5) is 15.8. The van der Waals surface area contributed by atoms with Crippen molar-refractivity contribution in [2.45, 2.75) is 19.9 Å². The zero-order chi connectivity index (χ0) is 13.7. The molecule has 0 spiro atoms. The summed E-state index contributed by atoms with van der Waals surface area (Å²) in [6.07, 6.45) is 4.74. The highest BCUT2D eigenvalue weighted by Gasteiger charge is 2.09. The van der Waals surface area contributed by atoms with E-state index in [-0.39, 0.29) is 11.9 Å². The predicted octanol–water partition coefficient (Wildman–Crippen LogP) is 2.00. The summed E-state index contributed by atoms with van der Waals surface area (Å²) in [5, 5.41) is 9.29. The van der Waals surface area contributed by atoms with E-state index in [0.29, 0.717) is 5.82 Å². The number of aryl methyl sites for hydroxylation is 1. The van der Waals surface area contributed by atoms with Crippen LogP contribution in [0, 0.1) is 6.92 Å². The number of nitrogens with zero attached hydrogens (tertiary/aromatic N) is 2. The van der Waals surface area contributed by atoms with E-state index in [1.165, 1.54) is 12.4 Å². The molecule has 1 amide bonds. The lowest BCUT2D eigenvalue weighted by molar-refractivity contribution is -0.117. The Hall–Kier alpha value is -2.43. The molecule has 1 atom stereocenters. The second-order valence-corrected chi connectivity index (χ2v) is 4.29. The molecular weight excluding hydrogens is 240 g/mol. The first-order chi connectivity index (χ1) is 9.16. The zero-order valence-electron chi connectivity index (χ0n) is 10.9. The third-order valence-electron chi connectivity index (χ3n) is 2.81. The Labute approximate surface area is 111 Å². The van der Waals surface area contributed by atoms with Crippen LogP contribution in [0.4, 0.5) is 0 Å². The van der Waals surface area contributed by atoms with E-state index >= 15 is 0 Å². The van der Waals surface area contributed by atoms with Gasteiger partial charge in [0.2, 0.25) is 5.91 Å². The summed E-state index contributed by atoms with van der Waals surface area (Å²) in [5.41, 5.74) is 2.17. The van der Waals surface area contributed by atoms with Crippen molar-refractivity contribution in [3.05, 3.63) is 53.6 Å². The van der Waals surface area contributed by atoms with Gasteiger partial charge in [-0.3, -0.25) is 9.89 Å². The molecule has 5 nitrogen and oxygen atoms in total. The van der Waals surface area contributed by atoms with E-state index in [9.17, 15) is 4.79 Å². The first-order valence-corrected chi connectivity index (χ1v) is 6.06. The van der Waals surface area contributed by atoms with Crippen molar-refractivity contribution >= 4 is 12.0 Å². The van der Waals surface area contributed by atoms with Gasteiger partial charge in [-0.15, -0.1) is 0 Å².